The number of methoxy groups -OCH3 is 1. The zero-order chi connectivity index (χ0) is 20.7. The molecule has 0 heterocycles. The molecule has 4 nitrogen and oxygen atoms in total. The van der Waals surface area contributed by atoms with Gasteiger partial charge in [-0.3, -0.25) is 9.59 Å². The lowest BCUT2D eigenvalue weighted by Crippen LogP contribution is -2.29. The van der Waals surface area contributed by atoms with Gasteiger partial charge in [-0.25, -0.2) is 0 Å². The predicted octanol–water partition coefficient (Wildman–Crippen LogP) is 5.15. The molecule has 0 radical (unpaired) electrons. The van der Waals surface area contributed by atoms with Crippen molar-refractivity contribution in [2.75, 3.05) is 13.7 Å². The summed E-state index contributed by atoms with van der Waals surface area (Å²) in [7, 11) is 1.31. The minimum absolute atomic E-state index is 0.0487. The lowest BCUT2D eigenvalue weighted by Gasteiger charge is -2.03. The van der Waals surface area contributed by atoms with Gasteiger partial charge in [-0.15, -0.1) is 11.8 Å². The van der Waals surface area contributed by atoms with Crippen molar-refractivity contribution in [1.29, 1.82) is 0 Å². The summed E-state index contributed by atoms with van der Waals surface area (Å²) in [5.74, 6) is 12.1. The summed E-state index contributed by atoms with van der Waals surface area (Å²) in [5.41, 5.74) is 0. The van der Waals surface area contributed by atoms with E-state index in [2.05, 4.69) is 40.7 Å². The number of unbranched alkanes of at least 4 members (excludes halogenated alkanes) is 11. The largest absolute Gasteiger partial charge is 0.468 e. The number of carbonyl (C=O) groups excluding carboxylic acids is 2. The van der Waals surface area contributed by atoms with Crippen molar-refractivity contribution in [3.8, 4) is 23.7 Å². The maximum atomic E-state index is 11.5. The van der Waals surface area contributed by atoms with Crippen molar-refractivity contribution in [2.24, 2.45) is 0 Å². The molecule has 0 aliphatic carbocycles. The van der Waals surface area contributed by atoms with Gasteiger partial charge in [0.05, 0.1) is 13.5 Å². The first kappa shape index (κ1) is 26.1. The summed E-state index contributed by atoms with van der Waals surface area (Å²) >= 11 is 0. The third-order valence-electron chi connectivity index (χ3n) is 4.45. The van der Waals surface area contributed by atoms with Gasteiger partial charge < -0.3 is 10.1 Å². The molecule has 1 amide bonds. The Morgan fingerprint density at radius 3 is 1.86 bits per heavy atom. The average Bonchev–Trinajstić information content (AvgIpc) is 2.71. The second-order valence-electron chi connectivity index (χ2n) is 7.02. The van der Waals surface area contributed by atoms with Gasteiger partial charge in [-0.05, 0) is 19.3 Å². The van der Waals surface area contributed by atoms with Crippen LogP contribution in [0.4, 0.5) is 0 Å². The van der Waals surface area contributed by atoms with Gasteiger partial charge in [-0.1, -0.05) is 70.1 Å². The van der Waals surface area contributed by atoms with Crippen LogP contribution >= 0.6 is 0 Å². The molecule has 158 valence electrons. The highest BCUT2D eigenvalue weighted by molar-refractivity contribution is 5.81. The number of rotatable bonds is 15. The summed E-state index contributed by atoms with van der Waals surface area (Å²) in [4.78, 5) is 22.4. The number of hydrogen-bond acceptors (Lipinski definition) is 3. The monoisotopic (exact) mass is 389 g/mol. The SMILES string of the molecule is CCCCCCCCCC#CCC#CCCCCCCC(=O)NCC(=O)OC. The van der Waals surface area contributed by atoms with Crippen LogP contribution < -0.4 is 5.32 Å². The number of ether oxygens (including phenoxy) is 1. The maximum Gasteiger partial charge on any atom is 0.325 e. The Hall–Kier alpha value is -1.94. The Kier molecular flexibility index (Phi) is 19.9. The van der Waals surface area contributed by atoms with E-state index < -0.39 is 5.97 Å². The molecule has 0 spiro atoms. The Labute approximate surface area is 172 Å². The fourth-order valence-electron chi connectivity index (χ4n) is 2.70. The van der Waals surface area contributed by atoms with Crippen molar-refractivity contribution in [3.05, 3.63) is 0 Å². The number of amides is 1. The molecule has 0 rings (SSSR count). The molecular weight excluding hydrogens is 350 g/mol. The Bertz CT molecular complexity index is 519. The fraction of sp³-hybridized carbons (Fsp3) is 0.750. The van der Waals surface area contributed by atoms with Crippen LogP contribution in [0.1, 0.15) is 103 Å². The van der Waals surface area contributed by atoms with E-state index in [9.17, 15) is 9.59 Å². The second kappa shape index (κ2) is 21.4. The van der Waals surface area contributed by atoms with Gasteiger partial charge in [0, 0.05) is 19.3 Å². The standard InChI is InChI=1S/C24H39NO3/c1-3-4-5-6-7-8-9-10-11-12-13-14-15-16-17-18-19-20-21-23(26)25-22-24(27)28-2/h3-10,13,16-22H2,1-2H3,(H,25,26). The summed E-state index contributed by atoms with van der Waals surface area (Å²) in [6.07, 6.45) is 16.3. The molecule has 1 N–H and O–H groups in total. The van der Waals surface area contributed by atoms with E-state index in [1.54, 1.807) is 0 Å². The van der Waals surface area contributed by atoms with Crippen molar-refractivity contribution < 1.29 is 14.3 Å². The van der Waals surface area contributed by atoms with Gasteiger partial charge in [-0.2, -0.15) is 0 Å². The highest BCUT2D eigenvalue weighted by Crippen LogP contribution is 2.08. The Balaban J connectivity index is 3.38. The summed E-state index contributed by atoms with van der Waals surface area (Å²) in [6, 6.07) is 0. The van der Waals surface area contributed by atoms with Gasteiger partial charge in [0.25, 0.3) is 0 Å². The molecule has 0 aromatic rings. The van der Waals surface area contributed by atoms with Crippen LogP contribution in [0, 0.1) is 23.7 Å². The summed E-state index contributed by atoms with van der Waals surface area (Å²) < 4.78 is 4.47. The highest BCUT2D eigenvalue weighted by Gasteiger charge is 2.04. The zero-order valence-corrected chi connectivity index (χ0v) is 18.0. The van der Waals surface area contributed by atoms with Crippen LogP contribution in [0.25, 0.3) is 0 Å². The summed E-state index contributed by atoms with van der Waals surface area (Å²) in [6.45, 7) is 2.20. The third-order valence-corrected chi connectivity index (χ3v) is 4.45. The van der Waals surface area contributed by atoms with Crippen molar-refractivity contribution in [3.63, 3.8) is 0 Å². The zero-order valence-electron chi connectivity index (χ0n) is 18.0. The van der Waals surface area contributed by atoms with E-state index >= 15 is 0 Å². The van der Waals surface area contributed by atoms with E-state index in [4.69, 9.17) is 0 Å². The van der Waals surface area contributed by atoms with Crippen LogP contribution in [0.15, 0.2) is 0 Å². The number of esters is 1. The first-order valence-electron chi connectivity index (χ1n) is 11.0. The minimum atomic E-state index is -0.422. The number of hydrogen-bond donors (Lipinski definition) is 1. The van der Waals surface area contributed by atoms with Crippen molar-refractivity contribution in [1.82, 2.24) is 5.32 Å². The average molecular weight is 390 g/mol. The predicted molar refractivity (Wildman–Crippen MR) is 116 cm³/mol. The molecule has 0 bridgehead atoms. The Morgan fingerprint density at radius 1 is 0.750 bits per heavy atom. The Morgan fingerprint density at radius 2 is 1.29 bits per heavy atom. The van der Waals surface area contributed by atoms with E-state index in [0.29, 0.717) is 12.8 Å². The van der Waals surface area contributed by atoms with Crippen LogP contribution in [0.5, 0.6) is 0 Å². The summed E-state index contributed by atoms with van der Waals surface area (Å²) in [5, 5.41) is 2.54. The molecule has 0 saturated carbocycles. The quantitative estimate of drug-likeness (QED) is 0.239. The third kappa shape index (κ3) is 20.4. The van der Waals surface area contributed by atoms with Gasteiger partial charge >= 0.3 is 5.97 Å². The van der Waals surface area contributed by atoms with E-state index in [1.165, 1.54) is 52.1 Å². The molecule has 28 heavy (non-hydrogen) atoms. The normalized spacial score (nSPS) is 9.64. The molecule has 0 saturated heterocycles. The van der Waals surface area contributed by atoms with Gasteiger partial charge in [0.1, 0.15) is 6.54 Å². The van der Waals surface area contributed by atoms with Gasteiger partial charge in [0.2, 0.25) is 5.91 Å². The molecule has 0 aliphatic rings. The van der Waals surface area contributed by atoms with Crippen LogP contribution in [-0.2, 0) is 14.3 Å². The molecule has 0 fully saturated rings. The highest BCUT2D eigenvalue weighted by atomic mass is 16.5. The van der Waals surface area contributed by atoms with Crippen LogP contribution in [0.2, 0.25) is 0 Å². The molecule has 0 aromatic heterocycles. The number of carbonyl (C=O) groups is 2. The van der Waals surface area contributed by atoms with E-state index in [0.717, 1.165) is 38.5 Å². The molecular formula is C24H39NO3. The molecule has 4 heteroatoms. The minimum Gasteiger partial charge on any atom is -0.468 e. The molecule has 0 unspecified atom stereocenters. The second-order valence-corrected chi connectivity index (χ2v) is 7.02. The smallest absolute Gasteiger partial charge is 0.325 e. The molecule has 0 atom stereocenters. The first-order valence-corrected chi connectivity index (χ1v) is 11.0. The van der Waals surface area contributed by atoms with Crippen molar-refractivity contribution in [2.45, 2.75) is 103 Å². The number of nitrogens with one attached hydrogen (secondary N) is 1. The topological polar surface area (TPSA) is 55.4 Å². The van der Waals surface area contributed by atoms with Crippen molar-refractivity contribution >= 4 is 11.9 Å². The lowest BCUT2D eigenvalue weighted by molar-refractivity contribution is -0.141. The lowest BCUT2D eigenvalue weighted by atomic mass is 10.1. The first-order chi connectivity index (χ1) is 13.7. The molecule has 0 aromatic carbocycles. The maximum absolute atomic E-state index is 11.5. The van der Waals surface area contributed by atoms with E-state index in [-0.39, 0.29) is 12.5 Å². The van der Waals surface area contributed by atoms with Crippen LogP contribution in [-0.4, -0.2) is 25.5 Å². The van der Waals surface area contributed by atoms with E-state index in [1.807, 2.05) is 0 Å². The van der Waals surface area contributed by atoms with Gasteiger partial charge in [0.15, 0.2) is 0 Å². The fourth-order valence-corrected chi connectivity index (χ4v) is 2.70. The molecule has 0 aliphatic heterocycles. The van der Waals surface area contributed by atoms with Crippen LogP contribution in [0.3, 0.4) is 0 Å².